The van der Waals surface area contributed by atoms with Crippen molar-refractivity contribution in [1.82, 2.24) is 9.78 Å². The highest BCUT2D eigenvalue weighted by atomic mass is 35.5. The van der Waals surface area contributed by atoms with Gasteiger partial charge in [-0.1, -0.05) is 24.9 Å². The highest BCUT2D eigenvalue weighted by Crippen LogP contribution is 2.50. The molecular formula is C11H20ClN2O3PS2. The number of thioether (sulfide) groups is 1. The van der Waals surface area contributed by atoms with Gasteiger partial charge in [0.25, 0.3) is 0 Å². The van der Waals surface area contributed by atoms with Crippen molar-refractivity contribution >= 4 is 43.0 Å². The van der Waals surface area contributed by atoms with Crippen molar-refractivity contribution in [2.75, 3.05) is 19.5 Å². The van der Waals surface area contributed by atoms with E-state index in [1.807, 2.05) is 11.6 Å². The number of aromatic nitrogens is 2. The molecule has 0 saturated heterocycles. The smallest absolute Gasteiger partial charge is 0.312 e. The van der Waals surface area contributed by atoms with E-state index in [0.717, 1.165) is 42.2 Å². The molecule has 9 heteroatoms. The van der Waals surface area contributed by atoms with Crippen molar-refractivity contribution in [2.45, 2.75) is 43.3 Å². The van der Waals surface area contributed by atoms with Crippen LogP contribution in [0.2, 0.25) is 5.02 Å². The van der Waals surface area contributed by atoms with Gasteiger partial charge >= 0.3 is 7.60 Å². The minimum Gasteiger partial charge on any atom is -0.312 e. The van der Waals surface area contributed by atoms with Crippen LogP contribution in [0.3, 0.4) is 0 Å². The zero-order valence-electron chi connectivity index (χ0n) is 12.1. The zero-order valence-corrected chi connectivity index (χ0v) is 15.4. The number of nitrogens with zero attached hydrogens (tertiary/aromatic N) is 2. The van der Waals surface area contributed by atoms with Crippen LogP contribution in [-0.4, -0.2) is 29.3 Å². The Morgan fingerprint density at radius 3 is 2.70 bits per heavy atom. The van der Waals surface area contributed by atoms with Crippen molar-refractivity contribution < 1.29 is 13.1 Å². The summed E-state index contributed by atoms with van der Waals surface area (Å²) in [6.45, 7) is 6.28. The molecular weight excluding hydrogens is 339 g/mol. The van der Waals surface area contributed by atoms with Crippen LogP contribution in [0.1, 0.15) is 26.7 Å². The fraction of sp³-hybridized carbons (Fsp3) is 0.727. The van der Waals surface area contributed by atoms with E-state index >= 15 is 0 Å². The molecule has 20 heavy (non-hydrogen) atoms. The first kappa shape index (κ1) is 18.4. The van der Waals surface area contributed by atoms with Crippen LogP contribution in [0.4, 0.5) is 0 Å². The third-order valence-electron chi connectivity index (χ3n) is 2.44. The third kappa shape index (κ3) is 5.28. The summed E-state index contributed by atoms with van der Waals surface area (Å²) in [5.41, 5.74) is 0. The Bertz CT molecular complexity index is 484. The summed E-state index contributed by atoms with van der Waals surface area (Å²) in [4.78, 5) is 0. The molecule has 5 nitrogen and oxygen atoms in total. The fourth-order valence-corrected chi connectivity index (χ4v) is 4.25. The molecule has 0 aromatic carbocycles. The molecule has 1 heterocycles. The monoisotopic (exact) mass is 358 g/mol. The first-order chi connectivity index (χ1) is 9.45. The largest absolute Gasteiger partial charge is 0.338 e. The quantitative estimate of drug-likeness (QED) is 0.269. The van der Waals surface area contributed by atoms with Gasteiger partial charge in [0.2, 0.25) is 0 Å². The summed E-state index contributed by atoms with van der Waals surface area (Å²) in [5.74, 6) is 0.997. The standard InChI is InChI=1S/C11H20ClN2O3PS2/c1-5-7-8-19-11-9(12)10(13-14(11)6-2)20-17-18(4,15)16-3/h5-8H2,1-4H3. The van der Waals surface area contributed by atoms with Gasteiger partial charge in [0, 0.05) is 20.3 Å². The SMILES string of the molecule is CCCCSc1c(Cl)c(SOP(C)(=O)OC)nn1CC. The molecule has 0 aliphatic carbocycles. The first-order valence-electron chi connectivity index (χ1n) is 6.33. The normalized spacial score (nSPS) is 14.4. The summed E-state index contributed by atoms with van der Waals surface area (Å²) < 4.78 is 23.5. The maximum absolute atomic E-state index is 11.7. The summed E-state index contributed by atoms with van der Waals surface area (Å²) in [6.07, 6.45) is 2.27. The lowest BCUT2D eigenvalue weighted by molar-refractivity contribution is 0.342. The summed E-state index contributed by atoms with van der Waals surface area (Å²) in [7, 11) is -1.70. The van der Waals surface area contributed by atoms with Gasteiger partial charge in [-0.25, -0.2) is 3.97 Å². The zero-order chi connectivity index (χ0) is 15.2. The van der Waals surface area contributed by atoms with Gasteiger partial charge in [-0.15, -0.1) is 11.8 Å². The van der Waals surface area contributed by atoms with Crippen molar-refractivity contribution in [1.29, 1.82) is 0 Å². The average Bonchev–Trinajstić information content (AvgIpc) is 2.74. The Morgan fingerprint density at radius 1 is 1.45 bits per heavy atom. The van der Waals surface area contributed by atoms with E-state index < -0.39 is 7.60 Å². The molecule has 1 aromatic rings. The molecule has 0 N–H and O–H groups in total. The Morgan fingerprint density at radius 2 is 2.15 bits per heavy atom. The highest BCUT2D eigenvalue weighted by Gasteiger charge is 2.21. The van der Waals surface area contributed by atoms with Crippen molar-refractivity contribution in [3.63, 3.8) is 0 Å². The van der Waals surface area contributed by atoms with Gasteiger partial charge in [-0.05, 0) is 19.1 Å². The maximum Gasteiger partial charge on any atom is 0.338 e. The fourth-order valence-electron chi connectivity index (χ4n) is 1.26. The predicted octanol–water partition coefficient (Wildman–Crippen LogP) is 4.94. The second kappa shape index (κ2) is 8.71. The van der Waals surface area contributed by atoms with E-state index in [2.05, 4.69) is 12.0 Å². The van der Waals surface area contributed by atoms with E-state index in [1.165, 1.54) is 13.8 Å². The van der Waals surface area contributed by atoms with E-state index in [-0.39, 0.29) is 0 Å². The van der Waals surface area contributed by atoms with Crippen molar-refractivity contribution in [3.8, 4) is 0 Å². The average molecular weight is 359 g/mol. The van der Waals surface area contributed by atoms with E-state index in [0.29, 0.717) is 10.0 Å². The Balaban J connectivity index is 2.80. The molecule has 0 radical (unpaired) electrons. The van der Waals surface area contributed by atoms with Crippen LogP contribution in [0.25, 0.3) is 0 Å². The minimum absolute atomic E-state index is 0.520. The number of halogens is 1. The van der Waals surface area contributed by atoms with Gasteiger partial charge in [0.15, 0.2) is 5.03 Å². The maximum atomic E-state index is 11.7. The molecule has 0 fully saturated rings. The molecule has 1 aromatic heterocycles. The third-order valence-corrected chi connectivity index (χ3v) is 6.69. The van der Waals surface area contributed by atoms with Gasteiger partial charge in [-0.3, -0.25) is 9.25 Å². The van der Waals surface area contributed by atoms with E-state index in [9.17, 15) is 4.57 Å². The van der Waals surface area contributed by atoms with E-state index in [4.69, 9.17) is 20.1 Å². The minimum atomic E-state index is -3.05. The molecule has 116 valence electrons. The van der Waals surface area contributed by atoms with Gasteiger partial charge < -0.3 is 4.52 Å². The van der Waals surface area contributed by atoms with Crippen LogP contribution in [0.5, 0.6) is 0 Å². The molecule has 1 atom stereocenters. The summed E-state index contributed by atoms with van der Waals surface area (Å²) >= 11 is 8.91. The first-order valence-corrected chi connectivity index (χ1v) is 10.4. The van der Waals surface area contributed by atoms with Crippen molar-refractivity contribution in [3.05, 3.63) is 5.02 Å². The van der Waals surface area contributed by atoms with Gasteiger partial charge in [0.1, 0.15) is 10.0 Å². The number of unbranched alkanes of at least 4 members (excludes halogenated alkanes) is 1. The number of hydrogen-bond donors (Lipinski definition) is 0. The number of hydrogen-bond acceptors (Lipinski definition) is 6. The molecule has 1 rings (SSSR count). The Hall–Kier alpha value is 0.350. The van der Waals surface area contributed by atoms with Crippen LogP contribution < -0.4 is 0 Å². The predicted molar refractivity (Wildman–Crippen MR) is 86.0 cm³/mol. The molecule has 0 aliphatic rings. The second-order valence-electron chi connectivity index (χ2n) is 4.05. The summed E-state index contributed by atoms with van der Waals surface area (Å²) in [5, 5.41) is 6.37. The topological polar surface area (TPSA) is 53.4 Å². The highest BCUT2D eigenvalue weighted by molar-refractivity contribution is 7.99. The molecule has 1 unspecified atom stereocenters. The molecule has 0 bridgehead atoms. The van der Waals surface area contributed by atoms with Crippen LogP contribution in [0.15, 0.2) is 10.1 Å². The summed E-state index contributed by atoms with van der Waals surface area (Å²) in [6, 6.07) is 0. The van der Waals surface area contributed by atoms with Crippen molar-refractivity contribution in [2.24, 2.45) is 0 Å². The lowest BCUT2D eigenvalue weighted by Crippen LogP contribution is -1.98. The van der Waals surface area contributed by atoms with E-state index in [1.54, 1.807) is 11.8 Å². The van der Waals surface area contributed by atoms with Gasteiger partial charge in [0.05, 0.1) is 12.0 Å². The lowest BCUT2D eigenvalue weighted by Gasteiger charge is -2.07. The number of aryl methyl sites for hydroxylation is 1. The molecule has 0 aliphatic heterocycles. The lowest BCUT2D eigenvalue weighted by atomic mass is 10.4. The Kier molecular flexibility index (Phi) is 8.01. The second-order valence-corrected chi connectivity index (χ2v) is 8.57. The number of rotatable bonds is 9. The van der Waals surface area contributed by atoms with Crippen LogP contribution >= 0.6 is 43.0 Å². The van der Waals surface area contributed by atoms with Crippen LogP contribution in [-0.2, 0) is 19.6 Å². The van der Waals surface area contributed by atoms with Gasteiger partial charge in [-0.2, -0.15) is 5.10 Å². The molecule has 0 amide bonds. The van der Waals surface area contributed by atoms with Crippen LogP contribution in [0, 0.1) is 0 Å². The molecule has 0 saturated carbocycles. The molecule has 0 spiro atoms. The Labute approximate surface area is 133 Å².